The van der Waals surface area contributed by atoms with E-state index in [-0.39, 0.29) is 5.78 Å². The molecular weight excluding hydrogens is 138 g/mol. The van der Waals surface area contributed by atoms with Crippen LogP contribution in [0.2, 0.25) is 0 Å². The molecule has 2 heteroatoms. The summed E-state index contributed by atoms with van der Waals surface area (Å²) in [5.41, 5.74) is 2.00. The van der Waals surface area contributed by atoms with Crippen LogP contribution in [0.1, 0.15) is 28.8 Å². The molecule has 0 amide bonds. The largest absolute Gasteiger partial charge is 0.294 e. The summed E-state index contributed by atoms with van der Waals surface area (Å²) >= 11 is 0. The average Bonchev–Trinajstić information content (AvgIpc) is 2.06. The highest BCUT2D eigenvalue weighted by Gasteiger charge is 2.15. The Balaban J connectivity index is 2.52. The zero-order valence-electron chi connectivity index (χ0n) is 6.21. The molecule has 1 aliphatic rings. The minimum Gasteiger partial charge on any atom is -0.294 e. The molecule has 0 radical (unpaired) electrons. The van der Waals surface area contributed by atoms with E-state index in [1.54, 1.807) is 12.4 Å². The molecule has 1 aromatic heterocycles. The molecule has 0 bridgehead atoms. The highest BCUT2D eigenvalue weighted by molar-refractivity contribution is 5.98. The number of hydrogen-bond acceptors (Lipinski definition) is 2. The van der Waals surface area contributed by atoms with E-state index in [1.165, 1.54) is 0 Å². The molecule has 2 rings (SSSR count). The second kappa shape index (κ2) is 2.46. The van der Waals surface area contributed by atoms with Crippen LogP contribution in [0.5, 0.6) is 0 Å². The van der Waals surface area contributed by atoms with E-state index in [4.69, 9.17) is 0 Å². The Morgan fingerprint density at radius 1 is 1.36 bits per heavy atom. The van der Waals surface area contributed by atoms with Crippen LogP contribution in [-0.2, 0) is 6.42 Å². The number of ketones is 1. The normalized spacial score (nSPS) is 16.2. The van der Waals surface area contributed by atoms with E-state index in [1.807, 2.05) is 6.07 Å². The zero-order valence-corrected chi connectivity index (χ0v) is 6.21. The predicted octanol–water partition coefficient (Wildman–Crippen LogP) is 1.60. The van der Waals surface area contributed by atoms with Crippen molar-refractivity contribution in [2.45, 2.75) is 19.3 Å². The Hall–Kier alpha value is -1.18. The lowest BCUT2D eigenvalue weighted by Crippen LogP contribution is -2.10. The highest BCUT2D eigenvalue weighted by atomic mass is 16.1. The molecule has 11 heavy (non-hydrogen) atoms. The summed E-state index contributed by atoms with van der Waals surface area (Å²) in [7, 11) is 0. The van der Waals surface area contributed by atoms with Gasteiger partial charge in [0.15, 0.2) is 5.78 Å². The topological polar surface area (TPSA) is 30.0 Å². The van der Waals surface area contributed by atoms with Gasteiger partial charge in [-0.05, 0) is 24.5 Å². The first-order valence-corrected chi connectivity index (χ1v) is 3.84. The quantitative estimate of drug-likeness (QED) is 0.558. The first-order chi connectivity index (χ1) is 5.38. The van der Waals surface area contributed by atoms with Crippen molar-refractivity contribution in [3.63, 3.8) is 0 Å². The van der Waals surface area contributed by atoms with Crippen LogP contribution >= 0.6 is 0 Å². The number of rotatable bonds is 0. The van der Waals surface area contributed by atoms with Crippen molar-refractivity contribution in [1.29, 1.82) is 0 Å². The number of carbonyl (C=O) groups is 1. The molecule has 0 saturated heterocycles. The van der Waals surface area contributed by atoms with E-state index in [0.717, 1.165) is 24.0 Å². The van der Waals surface area contributed by atoms with Gasteiger partial charge in [-0.2, -0.15) is 0 Å². The highest BCUT2D eigenvalue weighted by Crippen LogP contribution is 2.18. The summed E-state index contributed by atoms with van der Waals surface area (Å²) in [6, 6.07) is 1.94. The SMILES string of the molecule is O=C1CCCc2ccncc21. The molecule has 0 atom stereocenters. The summed E-state index contributed by atoms with van der Waals surface area (Å²) < 4.78 is 0. The molecule has 2 nitrogen and oxygen atoms in total. The lowest BCUT2D eigenvalue weighted by atomic mass is 9.93. The van der Waals surface area contributed by atoms with Crippen molar-refractivity contribution in [2.75, 3.05) is 0 Å². The lowest BCUT2D eigenvalue weighted by Gasteiger charge is -2.12. The first-order valence-electron chi connectivity index (χ1n) is 3.84. The van der Waals surface area contributed by atoms with Crippen molar-refractivity contribution in [1.82, 2.24) is 4.98 Å². The zero-order chi connectivity index (χ0) is 7.68. The Morgan fingerprint density at radius 2 is 2.27 bits per heavy atom. The molecule has 56 valence electrons. The number of nitrogens with zero attached hydrogens (tertiary/aromatic N) is 1. The maximum absolute atomic E-state index is 11.2. The summed E-state index contributed by atoms with van der Waals surface area (Å²) in [5, 5.41) is 0. The number of hydrogen-bond donors (Lipinski definition) is 0. The van der Waals surface area contributed by atoms with Gasteiger partial charge < -0.3 is 0 Å². The number of pyridine rings is 1. The third-order valence-corrected chi connectivity index (χ3v) is 2.06. The van der Waals surface area contributed by atoms with Crippen LogP contribution in [-0.4, -0.2) is 10.8 Å². The molecular formula is C9H9NO. The van der Waals surface area contributed by atoms with Gasteiger partial charge >= 0.3 is 0 Å². The summed E-state index contributed by atoms with van der Waals surface area (Å²) in [5.74, 6) is 0.249. The standard InChI is InChI=1S/C9H9NO/c11-9-3-1-2-7-4-5-10-6-8(7)9/h4-6H,1-3H2. The van der Waals surface area contributed by atoms with Crippen LogP contribution in [0.25, 0.3) is 0 Å². The van der Waals surface area contributed by atoms with E-state index >= 15 is 0 Å². The smallest absolute Gasteiger partial charge is 0.164 e. The van der Waals surface area contributed by atoms with Gasteiger partial charge in [0.25, 0.3) is 0 Å². The van der Waals surface area contributed by atoms with Crippen LogP contribution in [0.15, 0.2) is 18.5 Å². The van der Waals surface area contributed by atoms with Gasteiger partial charge in [-0.15, -0.1) is 0 Å². The predicted molar refractivity (Wildman–Crippen MR) is 41.5 cm³/mol. The van der Waals surface area contributed by atoms with E-state index in [0.29, 0.717) is 6.42 Å². The number of fused-ring (bicyclic) bond motifs is 1. The Morgan fingerprint density at radius 3 is 3.09 bits per heavy atom. The molecule has 0 aliphatic heterocycles. The first kappa shape index (κ1) is 6.53. The van der Waals surface area contributed by atoms with Crippen LogP contribution < -0.4 is 0 Å². The van der Waals surface area contributed by atoms with Gasteiger partial charge in [0, 0.05) is 24.4 Å². The number of carbonyl (C=O) groups excluding carboxylic acids is 1. The number of aryl methyl sites for hydroxylation is 1. The fourth-order valence-corrected chi connectivity index (χ4v) is 1.47. The minimum absolute atomic E-state index is 0.249. The molecule has 0 N–H and O–H groups in total. The number of Topliss-reactive ketones (excluding diaryl/α,β-unsaturated/α-hetero) is 1. The Labute approximate surface area is 65.3 Å². The molecule has 0 unspecified atom stereocenters. The van der Waals surface area contributed by atoms with Crippen molar-refractivity contribution < 1.29 is 4.79 Å². The van der Waals surface area contributed by atoms with E-state index in [9.17, 15) is 4.79 Å². The van der Waals surface area contributed by atoms with Crippen LogP contribution in [0, 0.1) is 0 Å². The molecule has 1 heterocycles. The number of aromatic nitrogens is 1. The minimum atomic E-state index is 0.249. The van der Waals surface area contributed by atoms with Crippen molar-refractivity contribution in [3.8, 4) is 0 Å². The average molecular weight is 147 g/mol. The fraction of sp³-hybridized carbons (Fsp3) is 0.333. The molecule has 0 fully saturated rings. The van der Waals surface area contributed by atoms with Crippen molar-refractivity contribution in [2.24, 2.45) is 0 Å². The van der Waals surface area contributed by atoms with Gasteiger partial charge in [0.1, 0.15) is 0 Å². The lowest BCUT2D eigenvalue weighted by molar-refractivity contribution is 0.0972. The molecule has 1 aromatic rings. The Bertz CT molecular complexity index is 293. The van der Waals surface area contributed by atoms with Crippen molar-refractivity contribution >= 4 is 5.78 Å². The Kier molecular flexibility index (Phi) is 1.46. The molecule has 0 saturated carbocycles. The monoisotopic (exact) mass is 147 g/mol. The summed E-state index contributed by atoms with van der Waals surface area (Å²) in [4.78, 5) is 15.2. The fourth-order valence-electron chi connectivity index (χ4n) is 1.47. The second-order valence-corrected chi connectivity index (χ2v) is 2.81. The third-order valence-electron chi connectivity index (χ3n) is 2.06. The third kappa shape index (κ3) is 1.04. The van der Waals surface area contributed by atoms with E-state index < -0.39 is 0 Å². The second-order valence-electron chi connectivity index (χ2n) is 2.81. The molecule has 0 spiro atoms. The maximum atomic E-state index is 11.2. The van der Waals surface area contributed by atoms with Gasteiger partial charge in [0.05, 0.1) is 0 Å². The van der Waals surface area contributed by atoms with Crippen molar-refractivity contribution in [3.05, 3.63) is 29.6 Å². The van der Waals surface area contributed by atoms with Gasteiger partial charge in [-0.25, -0.2) is 0 Å². The van der Waals surface area contributed by atoms with E-state index in [2.05, 4.69) is 4.98 Å². The maximum Gasteiger partial charge on any atom is 0.164 e. The van der Waals surface area contributed by atoms with Gasteiger partial charge in [0.2, 0.25) is 0 Å². The molecule has 1 aliphatic carbocycles. The van der Waals surface area contributed by atoms with Crippen LogP contribution in [0.4, 0.5) is 0 Å². The van der Waals surface area contributed by atoms with Gasteiger partial charge in [-0.3, -0.25) is 9.78 Å². The summed E-state index contributed by atoms with van der Waals surface area (Å²) in [6.07, 6.45) is 6.15. The summed E-state index contributed by atoms with van der Waals surface area (Å²) in [6.45, 7) is 0. The van der Waals surface area contributed by atoms with Gasteiger partial charge in [-0.1, -0.05) is 0 Å². The molecule has 0 aromatic carbocycles. The van der Waals surface area contributed by atoms with Crippen LogP contribution in [0.3, 0.4) is 0 Å².